The zero-order valence-electron chi connectivity index (χ0n) is 26.1. The third-order valence-electron chi connectivity index (χ3n) is 8.85. The van der Waals surface area contributed by atoms with Crippen molar-refractivity contribution in [2.45, 2.75) is 25.3 Å². The first-order valence-corrected chi connectivity index (χ1v) is 16.3. The Bertz CT molecular complexity index is 1420. The van der Waals surface area contributed by atoms with Gasteiger partial charge in [0, 0.05) is 84.6 Å². The van der Waals surface area contributed by atoms with Gasteiger partial charge in [0.05, 0.1) is 6.04 Å². The molecule has 5 amide bonds. The highest BCUT2D eigenvalue weighted by atomic mass is 32.1. The zero-order chi connectivity index (χ0) is 32.2. The number of nitrogens with one attached hydrogen (secondary N) is 1. The molecule has 242 valence electrons. The van der Waals surface area contributed by atoms with Crippen molar-refractivity contribution in [3.05, 3.63) is 46.5 Å². The lowest BCUT2D eigenvalue weighted by atomic mass is 9.86. The molecular formula is C32H43N7O5S. The average molecular weight is 638 g/mol. The van der Waals surface area contributed by atoms with Crippen LogP contribution in [-0.4, -0.2) is 145 Å². The topological polar surface area (TPSA) is 140 Å². The Labute approximate surface area is 269 Å². The molecule has 0 spiro atoms. The second-order valence-electron chi connectivity index (χ2n) is 12.2. The Morgan fingerprint density at radius 2 is 1.18 bits per heavy atom. The molecule has 5 rings (SSSR count). The summed E-state index contributed by atoms with van der Waals surface area (Å²) in [6.07, 6.45) is 2.13. The average Bonchev–Trinajstić information content (AvgIpc) is 3.03. The minimum atomic E-state index is -0.581. The molecule has 0 bridgehead atoms. The normalized spacial score (nSPS) is 18.0. The summed E-state index contributed by atoms with van der Waals surface area (Å²) >= 11 is 4.05. The molecule has 0 radical (unpaired) electrons. The van der Waals surface area contributed by atoms with E-state index in [9.17, 15) is 24.0 Å². The van der Waals surface area contributed by atoms with Crippen molar-refractivity contribution in [1.82, 2.24) is 29.8 Å². The Kier molecular flexibility index (Phi) is 10.6. The lowest BCUT2D eigenvalue weighted by molar-refractivity contribution is -0.121. The molecule has 0 saturated carbocycles. The highest BCUT2D eigenvalue weighted by molar-refractivity contribution is 7.80. The monoisotopic (exact) mass is 637 g/mol. The van der Waals surface area contributed by atoms with Gasteiger partial charge in [0.15, 0.2) is 0 Å². The number of nitrogens with zero attached hydrogens (tertiary/aromatic N) is 5. The molecule has 2 aromatic rings. The quantitative estimate of drug-likeness (QED) is 0.156. The highest BCUT2D eigenvalue weighted by Gasteiger charge is 2.39. The lowest BCUT2D eigenvalue weighted by Crippen LogP contribution is -2.48. The van der Waals surface area contributed by atoms with E-state index >= 15 is 0 Å². The van der Waals surface area contributed by atoms with Crippen LogP contribution in [0, 0.1) is 0 Å². The fraction of sp³-hybridized carbons (Fsp3) is 0.531. The largest absolute Gasteiger partial charge is 0.355 e. The van der Waals surface area contributed by atoms with E-state index < -0.39 is 29.7 Å². The summed E-state index contributed by atoms with van der Waals surface area (Å²) in [6, 6.07) is 5.90. The van der Waals surface area contributed by atoms with Crippen molar-refractivity contribution in [1.29, 1.82) is 0 Å². The van der Waals surface area contributed by atoms with Crippen LogP contribution in [0.15, 0.2) is 24.3 Å². The van der Waals surface area contributed by atoms with Crippen LogP contribution in [0.25, 0.3) is 10.8 Å². The van der Waals surface area contributed by atoms with Crippen LogP contribution < -0.4 is 11.1 Å². The molecule has 1 fully saturated rings. The number of imide groups is 2. The maximum absolute atomic E-state index is 13.6. The van der Waals surface area contributed by atoms with Gasteiger partial charge in [-0.25, -0.2) is 0 Å². The van der Waals surface area contributed by atoms with Crippen LogP contribution in [0.2, 0.25) is 0 Å². The molecule has 0 aliphatic carbocycles. The first-order valence-electron chi connectivity index (χ1n) is 15.7. The van der Waals surface area contributed by atoms with Crippen molar-refractivity contribution in [2.75, 3.05) is 85.3 Å². The van der Waals surface area contributed by atoms with Crippen molar-refractivity contribution < 1.29 is 24.0 Å². The summed E-state index contributed by atoms with van der Waals surface area (Å²) in [5, 5.41) is 3.66. The number of hydrogen-bond acceptors (Lipinski definition) is 10. The van der Waals surface area contributed by atoms with Gasteiger partial charge >= 0.3 is 0 Å². The highest BCUT2D eigenvalue weighted by Crippen LogP contribution is 2.37. The lowest BCUT2D eigenvalue weighted by Gasteiger charge is -2.35. The standard InChI is InChI=1S/C32H43N7O5S/c1-35(2)11-4-14-38-29(41)21-6-8-23-27-24(9-7-22(26(21)27)30(38)42)32(44)39(31(23)43)15-5-13-37-18-16-36(17-19-37)12-3-10-34-28(40)25(33)20-45/h6-9,25,45H,3-5,10-20,33H2,1-2H3,(H,34,40). The second kappa shape index (κ2) is 14.4. The molecule has 1 unspecified atom stereocenters. The summed E-state index contributed by atoms with van der Waals surface area (Å²) in [5.74, 6) is -1.42. The first-order chi connectivity index (χ1) is 21.6. The minimum Gasteiger partial charge on any atom is -0.355 e. The molecule has 3 aliphatic rings. The summed E-state index contributed by atoms with van der Waals surface area (Å²) in [5.41, 5.74) is 7.09. The molecule has 45 heavy (non-hydrogen) atoms. The predicted octanol–water partition coefficient (Wildman–Crippen LogP) is 0.755. The van der Waals surface area contributed by atoms with E-state index in [-0.39, 0.29) is 12.5 Å². The number of piperazine rings is 1. The molecule has 3 heterocycles. The van der Waals surface area contributed by atoms with E-state index in [0.717, 1.165) is 52.2 Å². The number of hydrogen-bond donors (Lipinski definition) is 3. The molecule has 0 aromatic heterocycles. The fourth-order valence-electron chi connectivity index (χ4n) is 6.34. The van der Waals surface area contributed by atoms with Crippen molar-refractivity contribution >= 4 is 52.9 Å². The number of carbonyl (C=O) groups is 5. The van der Waals surface area contributed by atoms with Gasteiger partial charge in [0.1, 0.15) is 0 Å². The molecule has 12 nitrogen and oxygen atoms in total. The van der Waals surface area contributed by atoms with E-state index in [1.54, 1.807) is 24.3 Å². The number of amides is 5. The third kappa shape index (κ3) is 6.92. The maximum Gasteiger partial charge on any atom is 0.261 e. The van der Waals surface area contributed by atoms with E-state index in [4.69, 9.17) is 5.73 Å². The van der Waals surface area contributed by atoms with Gasteiger partial charge in [-0.15, -0.1) is 0 Å². The Morgan fingerprint density at radius 3 is 1.60 bits per heavy atom. The number of thiol groups is 1. The van der Waals surface area contributed by atoms with Crippen LogP contribution in [0.4, 0.5) is 0 Å². The molecule has 1 saturated heterocycles. The van der Waals surface area contributed by atoms with Gasteiger partial charge in [0.25, 0.3) is 23.6 Å². The smallest absolute Gasteiger partial charge is 0.261 e. The number of nitrogens with two attached hydrogens (primary N) is 1. The minimum absolute atomic E-state index is 0.174. The van der Waals surface area contributed by atoms with E-state index in [1.165, 1.54) is 9.80 Å². The van der Waals surface area contributed by atoms with E-state index in [0.29, 0.717) is 64.7 Å². The van der Waals surface area contributed by atoms with Crippen LogP contribution in [-0.2, 0) is 4.79 Å². The van der Waals surface area contributed by atoms with Crippen molar-refractivity contribution in [3.8, 4) is 0 Å². The molecule has 3 aliphatic heterocycles. The molecule has 3 N–H and O–H groups in total. The van der Waals surface area contributed by atoms with Gasteiger partial charge in [-0.05, 0) is 77.3 Å². The number of rotatable bonds is 14. The van der Waals surface area contributed by atoms with Crippen molar-refractivity contribution in [3.63, 3.8) is 0 Å². The van der Waals surface area contributed by atoms with Gasteiger partial charge < -0.3 is 25.8 Å². The van der Waals surface area contributed by atoms with Gasteiger partial charge in [-0.3, -0.25) is 33.8 Å². The summed E-state index contributed by atoms with van der Waals surface area (Å²) < 4.78 is 0. The second-order valence-corrected chi connectivity index (χ2v) is 12.6. The SMILES string of the molecule is CN(C)CCCN1C(=O)c2ccc3c4c(ccc(c24)C1=O)C(=O)N(CCCN1CCN(CCCNC(=O)C(N)CS)CC1)C3=O. The number of benzene rings is 2. The van der Waals surface area contributed by atoms with Crippen LogP contribution in [0.3, 0.4) is 0 Å². The Morgan fingerprint density at radius 1 is 0.756 bits per heavy atom. The predicted molar refractivity (Wildman–Crippen MR) is 175 cm³/mol. The summed E-state index contributed by atoms with van der Waals surface area (Å²) in [7, 11) is 3.88. The zero-order valence-corrected chi connectivity index (χ0v) is 27.0. The van der Waals surface area contributed by atoms with E-state index in [2.05, 4.69) is 27.7 Å². The third-order valence-corrected chi connectivity index (χ3v) is 9.25. The van der Waals surface area contributed by atoms with Gasteiger partial charge in [-0.1, -0.05) is 0 Å². The molecular weight excluding hydrogens is 594 g/mol. The van der Waals surface area contributed by atoms with Gasteiger partial charge in [0.2, 0.25) is 5.91 Å². The Hall–Kier alpha value is -3.36. The van der Waals surface area contributed by atoms with Gasteiger partial charge in [-0.2, -0.15) is 12.6 Å². The summed E-state index contributed by atoms with van der Waals surface area (Å²) in [4.78, 5) is 74.9. The molecule has 13 heteroatoms. The summed E-state index contributed by atoms with van der Waals surface area (Å²) in [6.45, 7) is 7.16. The van der Waals surface area contributed by atoms with E-state index in [1.807, 2.05) is 19.0 Å². The van der Waals surface area contributed by atoms with Crippen LogP contribution >= 0.6 is 12.6 Å². The van der Waals surface area contributed by atoms with Crippen molar-refractivity contribution in [2.24, 2.45) is 5.73 Å². The van der Waals surface area contributed by atoms with Crippen LogP contribution in [0.5, 0.6) is 0 Å². The van der Waals surface area contributed by atoms with Crippen LogP contribution in [0.1, 0.15) is 60.7 Å². The fourth-order valence-corrected chi connectivity index (χ4v) is 6.51. The maximum atomic E-state index is 13.6. The first kappa shape index (κ1) is 33.0. The number of carbonyl (C=O) groups excluding carboxylic acids is 5. The molecule has 1 atom stereocenters. The molecule has 2 aromatic carbocycles. The Balaban J connectivity index is 1.16.